The highest BCUT2D eigenvalue weighted by molar-refractivity contribution is 5.24. The van der Waals surface area contributed by atoms with E-state index in [2.05, 4.69) is 60.5 Å². The number of nitrogens with zero attached hydrogens (tertiary/aromatic N) is 1. The third kappa shape index (κ3) is 3.35. The fourth-order valence-electron chi connectivity index (χ4n) is 2.05. The van der Waals surface area contributed by atoms with Gasteiger partial charge in [0, 0.05) is 13.1 Å². The molecule has 1 nitrogen and oxygen atoms in total. The minimum atomic E-state index is 1.02. The topological polar surface area (TPSA) is 3.24 Å². The molecule has 0 saturated carbocycles. The second kappa shape index (κ2) is 5.66. The zero-order valence-corrected chi connectivity index (χ0v) is 9.89. The Balaban J connectivity index is 1.87. The Morgan fingerprint density at radius 2 is 1.88 bits per heavy atom. The third-order valence-corrected chi connectivity index (χ3v) is 2.82. The maximum absolute atomic E-state index is 2.36. The van der Waals surface area contributed by atoms with Crippen molar-refractivity contribution in [1.29, 1.82) is 0 Å². The van der Waals surface area contributed by atoms with E-state index in [-0.39, 0.29) is 0 Å². The van der Waals surface area contributed by atoms with E-state index < -0.39 is 0 Å². The summed E-state index contributed by atoms with van der Waals surface area (Å²) in [6.45, 7) is 2.07. The molecule has 1 aliphatic carbocycles. The van der Waals surface area contributed by atoms with Crippen LogP contribution in [0, 0.1) is 0 Å². The molecule has 0 radical (unpaired) electrons. The molecular weight excluding hydrogens is 194 g/mol. The highest BCUT2D eigenvalue weighted by Crippen LogP contribution is 2.12. The van der Waals surface area contributed by atoms with Gasteiger partial charge in [0.25, 0.3) is 0 Å². The summed E-state index contributed by atoms with van der Waals surface area (Å²) in [5.74, 6) is 0. The van der Waals surface area contributed by atoms with Crippen LogP contribution >= 0.6 is 0 Å². The zero-order chi connectivity index (χ0) is 11.2. The van der Waals surface area contributed by atoms with E-state index >= 15 is 0 Å². The van der Waals surface area contributed by atoms with Crippen molar-refractivity contribution in [3.63, 3.8) is 0 Å². The fourth-order valence-corrected chi connectivity index (χ4v) is 2.05. The maximum Gasteiger partial charge on any atom is 0.0234 e. The summed E-state index contributed by atoms with van der Waals surface area (Å²) in [5.41, 5.74) is 2.83. The largest absolute Gasteiger partial charge is 0.298 e. The van der Waals surface area contributed by atoms with Crippen LogP contribution in [0.25, 0.3) is 0 Å². The molecule has 0 spiro atoms. The number of rotatable bonds is 4. The summed E-state index contributed by atoms with van der Waals surface area (Å²) in [6.07, 6.45) is 9.27. The van der Waals surface area contributed by atoms with Gasteiger partial charge >= 0.3 is 0 Å². The van der Waals surface area contributed by atoms with Crippen LogP contribution < -0.4 is 0 Å². The van der Waals surface area contributed by atoms with Gasteiger partial charge in [0.2, 0.25) is 0 Å². The van der Waals surface area contributed by atoms with Crippen molar-refractivity contribution in [3.05, 3.63) is 59.7 Å². The Kier molecular flexibility index (Phi) is 3.95. The molecular formula is C15H19N. The van der Waals surface area contributed by atoms with Crippen molar-refractivity contribution in [2.45, 2.75) is 19.4 Å². The van der Waals surface area contributed by atoms with Gasteiger partial charge in [0.05, 0.1) is 0 Å². The lowest BCUT2D eigenvalue weighted by molar-refractivity contribution is 0.357. The van der Waals surface area contributed by atoms with Gasteiger partial charge in [-0.1, -0.05) is 48.6 Å². The normalized spacial score (nSPS) is 15.2. The van der Waals surface area contributed by atoms with Crippen molar-refractivity contribution in [2.24, 2.45) is 0 Å². The van der Waals surface area contributed by atoms with E-state index in [1.54, 1.807) is 0 Å². The summed E-state index contributed by atoms with van der Waals surface area (Å²) in [6, 6.07) is 10.6. The molecule has 0 atom stereocenters. The van der Waals surface area contributed by atoms with Crippen LogP contribution in [0.5, 0.6) is 0 Å². The minimum Gasteiger partial charge on any atom is -0.298 e. The molecule has 0 heterocycles. The first kappa shape index (κ1) is 11.2. The van der Waals surface area contributed by atoms with Gasteiger partial charge < -0.3 is 0 Å². The van der Waals surface area contributed by atoms with Gasteiger partial charge in [-0.15, -0.1) is 0 Å². The standard InChI is InChI=1S/C15H19N/c1-16(12-14-8-4-2-5-9-14)13-15-10-6-3-7-11-15/h2,4-6,8-11H,3,7,12-13H2,1H3. The predicted molar refractivity (Wildman–Crippen MR) is 69.2 cm³/mol. The first-order valence-electron chi connectivity index (χ1n) is 5.92. The highest BCUT2D eigenvalue weighted by Gasteiger charge is 2.03. The van der Waals surface area contributed by atoms with Crippen LogP contribution in [0.1, 0.15) is 18.4 Å². The smallest absolute Gasteiger partial charge is 0.0234 e. The number of hydrogen-bond donors (Lipinski definition) is 0. The van der Waals surface area contributed by atoms with E-state index in [9.17, 15) is 0 Å². The number of hydrogen-bond acceptors (Lipinski definition) is 1. The fraction of sp³-hybridized carbons (Fsp3) is 0.333. The molecule has 0 aliphatic heterocycles. The Hall–Kier alpha value is -1.34. The van der Waals surface area contributed by atoms with E-state index in [1.807, 2.05) is 0 Å². The Labute approximate surface area is 98.1 Å². The van der Waals surface area contributed by atoms with E-state index in [0.29, 0.717) is 0 Å². The van der Waals surface area contributed by atoms with Gasteiger partial charge in [-0.05, 0) is 31.0 Å². The molecule has 1 heteroatoms. The van der Waals surface area contributed by atoms with Gasteiger partial charge in [-0.2, -0.15) is 0 Å². The average Bonchev–Trinajstić information content (AvgIpc) is 2.31. The second-order valence-electron chi connectivity index (χ2n) is 4.42. The lowest BCUT2D eigenvalue weighted by Gasteiger charge is -2.18. The van der Waals surface area contributed by atoms with Crippen LogP contribution in [0.15, 0.2) is 54.1 Å². The van der Waals surface area contributed by atoms with Crippen LogP contribution in [0.2, 0.25) is 0 Å². The van der Waals surface area contributed by atoms with Crippen molar-refractivity contribution < 1.29 is 0 Å². The molecule has 0 saturated heterocycles. The van der Waals surface area contributed by atoms with Gasteiger partial charge in [-0.25, -0.2) is 0 Å². The molecule has 0 fully saturated rings. The molecule has 2 rings (SSSR count). The summed E-state index contributed by atoms with van der Waals surface area (Å²) in [5, 5.41) is 0. The van der Waals surface area contributed by atoms with Crippen molar-refractivity contribution >= 4 is 0 Å². The summed E-state index contributed by atoms with van der Waals surface area (Å²) < 4.78 is 0. The van der Waals surface area contributed by atoms with Gasteiger partial charge in [0.1, 0.15) is 0 Å². The Morgan fingerprint density at radius 3 is 2.56 bits per heavy atom. The molecule has 0 unspecified atom stereocenters. The van der Waals surface area contributed by atoms with Gasteiger partial charge in [-0.3, -0.25) is 4.90 Å². The minimum absolute atomic E-state index is 1.02. The first-order chi connectivity index (χ1) is 7.84. The van der Waals surface area contributed by atoms with Crippen LogP contribution in [0.4, 0.5) is 0 Å². The number of likely N-dealkylation sites (N-methyl/N-ethyl adjacent to an activating group) is 1. The molecule has 1 aromatic rings. The predicted octanol–water partition coefficient (Wildman–Crippen LogP) is 3.39. The monoisotopic (exact) mass is 213 g/mol. The van der Waals surface area contributed by atoms with Gasteiger partial charge in [0.15, 0.2) is 0 Å². The van der Waals surface area contributed by atoms with E-state index in [1.165, 1.54) is 24.0 Å². The second-order valence-corrected chi connectivity index (χ2v) is 4.42. The number of allylic oxidation sites excluding steroid dienone is 2. The Morgan fingerprint density at radius 1 is 1.06 bits per heavy atom. The molecule has 0 aromatic heterocycles. The lowest BCUT2D eigenvalue weighted by Crippen LogP contribution is -2.20. The molecule has 1 aliphatic rings. The molecule has 16 heavy (non-hydrogen) atoms. The van der Waals surface area contributed by atoms with Crippen LogP contribution in [-0.2, 0) is 6.54 Å². The quantitative estimate of drug-likeness (QED) is 0.741. The van der Waals surface area contributed by atoms with Crippen molar-refractivity contribution in [3.8, 4) is 0 Å². The van der Waals surface area contributed by atoms with E-state index in [0.717, 1.165) is 13.1 Å². The average molecular weight is 213 g/mol. The third-order valence-electron chi connectivity index (χ3n) is 2.82. The molecule has 84 valence electrons. The maximum atomic E-state index is 2.36. The Bertz CT molecular complexity index is 376. The molecule has 0 bridgehead atoms. The van der Waals surface area contributed by atoms with E-state index in [4.69, 9.17) is 0 Å². The van der Waals surface area contributed by atoms with Crippen LogP contribution in [0.3, 0.4) is 0 Å². The molecule has 1 aromatic carbocycles. The van der Waals surface area contributed by atoms with Crippen molar-refractivity contribution in [2.75, 3.05) is 13.6 Å². The number of benzene rings is 1. The van der Waals surface area contributed by atoms with Crippen molar-refractivity contribution in [1.82, 2.24) is 4.90 Å². The first-order valence-corrected chi connectivity index (χ1v) is 5.92. The van der Waals surface area contributed by atoms with Crippen LogP contribution in [-0.4, -0.2) is 18.5 Å². The molecule has 0 amide bonds. The zero-order valence-electron chi connectivity index (χ0n) is 9.89. The SMILES string of the molecule is CN(CC1=CCCC=C1)Cc1ccccc1. The lowest BCUT2D eigenvalue weighted by atomic mass is 10.1. The summed E-state index contributed by atoms with van der Waals surface area (Å²) in [4.78, 5) is 2.36. The molecule has 0 N–H and O–H groups in total. The summed E-state index contributed by atoms with van der Waals surface area (Å²) in [7, 11) is 2.18. The summed E-state index contributed by atoms with van der Waals surface area (Å²) >= 11 is 0. The highest BCUT2D eigenvalue weighted by atomic mass is 15.1.